The summed E-state index contributed by atoms with van der Waals surface area (Å²) in [5, 5.41) is 11.1. The highest BCUT2D eigenvalue weighted by atomic mass is 35.5. The zero-order valence-electron chi connectivity index (χ0n) is 4.15. The van der Waals surface area contributed by atoms with Crippen LogP contribution < -0.4 is 5.32 Å². The fraction of sp³-hybridized carbons (Fsp3) is 1.00. The van der Waals surface area contributed by atoms with Crippen LogP contribution in [0.5, 0.6) is 0 Å². The zero-order chi connectivity index (χ0) is 5.54. The van der Waals surface area contributed by atoms with Gasteiger partial charge in [-0.3, -0.25) is 0 Å². The molecule has 3 heteroatoms. The van der Waals surface area contributed by atoms with E-state index in [0.717, 1.165) is 6.54 Å². The van der Waals surface area contributed by atoms with E-state index in [4.69, 9.17) is 16.7 Å². The van der Waals surface area contributed by atoms with Gasteiger partial charge in [-0.15, -0.1) is 11.6 Å². The van der Waals surface area contributed by atoms with E-state index in [0.29, 0.717) is 12.4 Å². The Morgan fingerprint density at radius 3 is 2.57 bits per heavy atom. The van der Waals surface area contributed by atoms with E-state index in [1.165, 1.54) is 0 Å². The van der Waals surface area contributed by atoms with Gasteiger partial charge >= 0.3 is 0 Å². The summed E-state index contributed by atoms with van der Waals surface area (Å²) in [5.74, 6) is 0.611. The summed E-state index contributed by atoms with van der Waals surface area (Å²) in [7, 11) is 0. The minimum atomic E-state index is 0.191. The fourth-order valence-corrected chi connectivity index (χ4v) is 0.405. The second-order valence-electron chi connectivity index (χ2n) is 1.16. The molecule has 0 atom stereocenters. The predicted molar refractivity (Wildman–Crippen MR) is 30.7 cm³/mol. The third-order valence-corrected chi connectivity index (χ3v) is 0.749. The number of hydrogen-bond donors (Lipinski definition) is 2. The molecule has 44 valence electrons. The number of aliphatic hydroxyl groups is 1. The van der Waals surface area contributed by atoms with Crippen LogP contribution in [0.1, 0.15) is 0 Å². The quantitative estimate of drug-likeness (QED) is 0.401. The van der Waals surface area contributed by atoms with Crippen molar-refractivity contribution in [3.8, 4) is 0 Å². The molecule has 0 fully saturated rings. The van der Waals surface area contributed by atoms with Gasteiger partial charge in [0.1, 0.15) is 0 Å². The molecule has 0 aliphatic rings. The van der Waals surface area contributed by atoms with Crippen LogP contribution in [0.25, 0.3) is 0 Å². The molecule has 0 saturated heterocycles. The van der Waals surface area contributed by atoms with Gasteiger partial charge in [0.25, 0.3) is 0 Å². The first-order valence-corrected chi connectivity index (χ1v) is 2.83. The molecular weight excluding hydrogens is 114 g/mol. The normalized spacial score (nSPS) is 9.43. The number of nitrogens with one attached hydrogen (secondary N) is 1. The molecule has 0 unspecified atom stereocenters. The second kappa shape index (κ2) is 6.21. The van der Waals surface area contributed by atoms with E-state index in [-0.39, 0.29) is 6.61 Å². The Morgan fingerprint density at radius 2 is 2.14 bits per heavy atom. The number of aliphatic hydroxyl groups excluding tert-OH is 1. The summed E-state index contributed by atoms with van der Waals surface area (Å²) in [5.41, 5.74) is 0. The smallest absolute Gasteiger partial charge is 0.0555 e. The summed E-state index contributed by atoms with van der Waals surface area (Å²) in [4.78, 5) is 0. The van der Waals surface area contributed by atoms with Crippen LogP contribution >= 0.6 is 11.6 Å². The maximum Gasteiger partial charge on any atom is 0.0555 e. The van der Waals surface area contributed by atoms with Crippen molar-refractivity contribution in [2.24, 2.45) is 0 Å². The van der Waals surface area contributed by atoms with Crippen LogP contribution in [0, 0.1) is 0 Å². The van der Waals surface area contributed by atoms with Crippen molar-refractivity contribution in [3.05, 3.63) is 0 Å². The molecule has 0 aromatic rings. The van der Waals surface area contributed by atoms with Gasteiger partial charge in [-0.2, -0.15) is 0 Å². The van der Waals surface area contributed by atoms with E-state index < -0.39 is 0 Å². The molecule has 2 N–H and O–H groups in total. The first-order valence-electron chi connectivity index (χ1n) is 2.29. The van der Waals surface area contributed by atoms with Gasteiger partial charge in [-0.05, 0) is 0 Å². The lowest BCUT2D eigenvalue weighted by Crippen LogP contribution is -2.19. The van der Waals surface area contributed by atoms with Crippen LogP contribution in [0.15, 0.2) is 0 Å². The average Bonchev–Trinajstić information content (AvgIpc) is 1.69. The first-order chi connectivity index (χ1) is 3.41. The summed E-state index contributed by atoms with van der Waals surface area (Å²) in [6.07, 6.45) is 0. The summed E-state index contributed by atoms with van der Waals surface area (Å²) in [6.45, 7) is 1.62. The summed E-state index contributed by atoms with van der Waals surface area (Å²) in [6, 6.07) is 0. The van der Waals surface area contributed by atoms with Crippen LogP contribution in [0.3, 0.4) is 0 Å². The topological polar surface area (TPSA) is 32.3 Å². The Labute approximate surface area is 48.5 Å². The van der Waals surface area contributed by atoms with Crippen molar-refractivity contribution >= 4 is 11.6 Å². The molecule has 0 aromatic carbocycles. The molecule has 2 nitrogen and oxygen atoms in total. The van der Waals surface area contributed by atoms with Gasteiger partial charge in [0.15, 0.2) is 0 Å². The van der Waals surface area contributed by atoms with Gasteiger partial charge in [-0.1, -0.05) is 0 Å². The maximum atomic E-state index is 8.19. The first kappa shape index (κ1) is 7.21. The Kier molecular flexibility index (Phi) is 6.40. The molecule has 7 heavy (non-hydrogen) atoms. The van der Waals surface area contributed by atoms with Crippen LogP contribution in [-0.2, 0) is 0 Å². The lowest BCUT2D eigenvalue weighted by atomic mass is 10.6. The van der Waals surface area contributed by atoms with Crippen molar-refractivity contribution < 1.29 is 5.11 Å². The number of halogens is 1. The van der Waals surface area contributed by atoms with E-state index in [1.807, 2.05) is 0 Å². The highest BCUT2D eigenvalue weighted by Crippen LogP contribution is 1.67. The van der Waals surface area contributed by atoms with Gasteiger partial charge < -0.3 is 10.4 Å². The van der Waals surface area contributed by atoms with E-state index in [1.54, 1.807) is 0 Å². The maximum absolute atomic E-state index is 8.19. The molecule has 0 bridgehead atoms. The van der Waals surface area contributed by atoms with E-state index in [2.05, 4.69) is 5.32 Å². The fourth-order valence-electron chi connectivity index (χ4n) is 0.271. The molecule has 0 aliphatic heterocycles. The molecule has 0 saturated carbocycles. The van der Waals surface area contributed by atoms with Crippen molar-refractivity contribution in [1.29, 1.82) is 0 Å². The van der Waals surface area contributed by atoms with Gasteiger partial charge in [0.05, 0.1) is 6.61 Å². The minimum absolute atomic E-state index is 0.191. The molecule has 0 radical (unpaired) electrons. The second-order valence-corrected chi connectivity index (χ2v) is 1.54. The Bertz CT molecular complexity index is 30.9. The molecule has 0 aliphatic carbocycles. The van der Waals surface area contributed by atoms with Crippen LogP contribution in [-0.4, -0.2) is 30.7 Å². The standard InChI is InChI=1S/C4H10ClNO/c5-1-2-6-3-4-7/h6-7H,1-4H2. The minimum Gasteiger partial charge on any atom is -0.395 e. The summed E-state index contributed by atoms with van der Waals surface area (Å²) >= 11 is 5.29. The SMILES string of the molecule is OCCNCCCl. The molecule has 0 spiro atoms. The van der Waals surface area contributed by atoms with Crippen LogP contribution in [0.2, 0.25) is 0 Å². The van der Waals surface area contributed by atoms with Gasteiger partial charge in [0.2, 0.25) is 0 Å². The van der Waals surface area contributed by atoms with Gasteiger partial charge in [0, 0.05) is 19.0 Å². The Morgan fingerprint density at radius 1 is 1.43 bits per heavy atom. The van der Waals surface area contributed by atoms with Crippen molar-refractivity contribution in [2.45, 2.75) is 0 Å². The Balaban J connectivity index is 2.45. The van der Waals surface area contributed by atoms with Crippen molar-refractivity contribution in [1.82, 2.24) is 5.32 Å². The molecule has 0 rings (SSSR count). The third-order valence-electron chi connectivity index (χ3n) is 0.560. The zero-order valence-corrected chi connectivity index (χ0v) is 4.91. The number of alkyl halides is 1. The lowest BCUT2D eigenvalue weighted by molar-refractivity contribution is 0.294. The molecular formula is C4H10ClNO. The largest absolute Gasteiger partial charge is 0.395 e. The predicted octanol–water partition coefficient (Wildman–Crippen LogP) is -0.193. The number of rotatable bonds is 4. The molecule has 0 amide bonds. The third kappa shape index (κ3) is 6.21. The number of hydrogen-bond acceptors (Lipinski definition) is 2. The van der Waals surface area contributed by atoms with E-state index >= 15 is 0 Å². The van der Waals surface area contributed by atoms with Crippen LogP contribution in [0.4, 0.5) is 0 Å². The molecule has 0 aromatic heterocycles. The van der Waals surface area contributed by atoms with Crippen molar-refractivity contribution in [2.75, 3.05) is 25.6 Å². The average molecular weight is 124 g/mol. The highest BCUT2D eigenvalue weighted by Gasteiger charge is 1.78. The van der Waals surface area contributed by atoms with E-state index in [9.17, 15) is 0 Å². The highest BCUT2D eigenvalue weighted by molar-refractivity contribution is 6.18. The monoisotopic (exact) mass is 123 g/mol. The van der Waals surface area contributed by atoms with Gasteiger partial charge in [-0.25, -0.2) is 0 Å². The lowest BCUT2D eigenvalue weighted by Gasteiger charge is -1.94. The summed E-state index contributed by atoms with van der Waals surface area (Å²) < 4.78 is 0. The Hall–Kier alpha value is 0.210. The van der Waals surface area contributed by atoms with Crippen molar-refractivity contribution in [3.63, 3.8) is 0 Å². The molecule has 0 heterocycles.